The summed E-state index contributed by atoms with van der Waals surface area (Å²) in [6.45, 7) is 4.15. The number of nitrogens with two attached hydrogens (primary N) is 1. The van der Waals surface area contributed by atoms with E-state index in [0.717, 1.165) is 17.9 Å². The number of nitrogen functional groups attached to an aromatic ring is 1. The molecule has 180 valence electrons. The molecular formula is C23H25F3N6OS. The number of fused-ring (bicyclic) bond motifs is 1. The number of rotatable bonds is 5. The summed E-state index contributed by atoms with van der Waals surface area (Å²) in [7, 11) is 1.73. The molecule has 1 saturated heterocycles. The Morgan fingerprint density at radius 1 is 1.21 bits per heavy atom. The Morgan fingerprint density at radius 2 is 1.97 bits per heavy atom. The van der Waals surface area contributed by atoms with Crippen molar-refractivity contribution in [2.75, 3.05) is 41.6 Å². The number of aromatic nitrogens is 2. The van der Waals surface area contributed by atoms with Gasteiger partial charge in [-0.25, -0.2) is 9.97 Å². The Morgan fingerprint density at radius 3 is 2.62 bits per heavy atom. The molecule has 1 aliphatic rings. The van der Waals surface area contributed by atoms with Crippen molar-refractivity contribution in [3.05, 3.63) is 52.8 Å². The fraction of sp³-hybridized carbons (Fsp3) is 0.348. The highest BCUT2D eigenvalue weighted by molar-refractivity contribution is 7.99. The smallest absolute Gasteiger partial charge is 0.399 e. The summed E-state index contributed by atoms with van der Waals surface area (Å²) in [6, 6.07) is 6.50. The third kappa shape index (κ3) is 4.84. The summed E-state index contributed by atoms with van der Waals surface area (Å²) in [5.41, 5.74) is 7.05. The van der Waals surface area contributed by atoms with Gasteiger partial charge in [0.25, 0.3) is 5.91 Å². The molecule has 2 aromatic carbocycles. The van der Waals surface area contributed by atoms with Crippen LogP contribution in [0.4, 0.5) is 30.4 Å². The average molecular weight is 491 g/mol. The highest BCUT2D eigenvalue weighted by atomic mass is 32.2. The van der Waals surface area contributed by atoms with Crippen molar-refractivity contribution in [2.45, 2.75) is 26.1 Å². The fourth-order valence-electron chi connectivity index (χ4n) is 3.91. The predicted octanol–water partition coefficient (Wildman–Crippen LogP) is 4.90. The number of aryl methyl sites for hydroxylation is 1. The van der Waals surface area contributed by atoms with Gasteiger partial charge in [0.2, 0.25) is 0 Å². The summed E-state index contributed by atoms with van der Waals surface area (Å²) in [5.74, 6) is 2.40. The van der Waals surface area contributed by atoms with E-state index in [1.54, 1.807) is 49.7 Å². The van der Waals surface area contributed by atoms with Crippen molar-refractivity contribution in [1.29, 1.82) is 0 Å². The fourth-order valence-corrected chi connectivity index (χ4v) is 4.85. The van der Waals surface area contributed by atoms with Crippen LogP contribution in [0.25, 0.3) is 10.9 Å². The van der Waals surface area contributed by atoms with Gasteiger partial charge in [0, 0.05) is 36.1 Å². The molecule has 1 amide bonds. The minimum absolute atomic E-state index is 0.0305. The molecule has 4 N–H and O–H groups in total. The number of halogens is 3. The summed E-state index contributed by atoms with van der Waals surface area (Å²) in [5, 5.41) is 6.92. The van der Waals surface area contributed by atoms with Gasteiger partial charge in [0.1, 0.15) is 11.6 Å². The number of nitrogens with one attached hydrogen (secondary N) is 2. The van der Waals surface area contributed by atoms with Crippen molar-refractivity contribution in [3.63, 3.8) is 0 Å². The topological polar surface area (TPSA) is 96.2 Å². The van der Waals surface area contributed by atoms with Crippen molar-refractivity contribution < 1.29 is 18.0 Å². The lowest BCUT2D eigenvalue weighted by Gasteiger charge is -2.20. The molecule has 0 spiro atoms. The standard InChI is InChI=1S/C23H25F3N6OS/c1-12(14-6-15(23(24,25)26)8-16(27)7-14)29-21-17-9-19(28-3)18(10-20(17)30-13(2)31-21)22(33)32-4-5-34-11-32/h6-10,12,28H,4-5,11,27H2,1-3H3,(H,29,30,31). The second-order valence-corrected chi connectivity index (χ2v) is 9.22. The van der Waals surface area contributed by atoms with Gasteiger partial charge in [-0.2, -0.15) is 13.2 Å². The van der Waals surface area contributed by atoms with E-state index in [0.29, 0.717) is 51.8 Å². The quantitative estimate of drug-likeness (QED) is 0.438. The van der Waals surface area contributed by atoms with Gasteiger partial charge in [-0.1, -0.05) is 0 Å². The van der Waals surface area contributed by atoms with Crippen molar-refractivity contribution >= 4 is 45.8 Å². The number of carbonyl (C=O) groups excluding carboxylic acids is 1. The molecule has 7 nitrogen and oxygen atoms in total. The molecule has 4 rings (SSSR count). The molecule has 0 saturated carbocycles. The second kappa shape index (κ2) is 9.21. The molecular weight excluding hydrogens is 465 g/mol. The Labute approximate surface area is 199 Å². The van der Waals surface area contributed by atoms with Gasteiger partial charge >= 0.3 is 6.18 Å². The summed E-state index contributed by atoms with van der Waals surface area (Å²) in [4.78, 5) is 23.8. The first-order valence-corrected chi connectivity index (χ1v) is 11.8. The first-order chi connectivity index (χ1) is 16.1. The van der Waals surface area contributed by atoms with E-state index in [1.807, 2.05) is 0 Å². The Balaban J connectivity index is 1.73. The van der Waals surface area contributed by atoms with Crippen molar-refractivity contribution in [1.82, 2.24) is 14.9 Å². The minimum atomic E-state index is -4.50. The van der Waals surface area contributed by atoms with Crippen LogP contribution in [0.5, 0.6) is 0 Å². The first-order valence-electron chi connectivity index (χ1n) is 10.7. The number of carbonyl (C=O) groups is 1. The van der Waals surface area contributed by atoms with E-state index in [1.165, 1.54) is 6.07 Å². The number of thioether (sulfide) groups is 1. The zero-order valence-corrected chi connectivity index (χ0v) is 19.8. The van der Waals surface area contributed by atoms with Crippen LogP contribution in [0.2, 0.25) is 0 Å². The van der Waals surface area contributed by atoms with E-state index in [-0.39, 0.29) is 11.6 Å². The molecule has 1 fully saturated rings. The Bertz CT molecular complexity index is 1240. The SMILES string of the molecule is CNc1cc2c(NC(C)c3cc(N)cc(C(F)(F)F)c3)nc(C)nc2cc1C(=O)N1CCSC1. The Kier molecular flexibility index (Phi) is 6.48. The molecule has 0 bridgehead atoms. The van der Waals surface area contributed by atoms with E-state index in [4.69, 9.17) is 5.73 Å². The predicted molar refractivity (Wildman–Crippen MR) is 130 cm³/mol. The maximum Gasteiger partial charge on any atom is 0.416 e. The lowest BCUT2D eigenvalue weighted by atomic mass is 10.0. The number of anilines is 3. The van der Waals surface area contributed by atoms with Crippen LogP contribution in [-0.4, -0.2) is 46.0 Å². The summed E-state index contributed by atoms with van der Waals surface area (Å²) < 4.78 is 39.8. The minimum Gasteiger partial charge on any atom is -0.399 e. The number of hydrogen-bond acceptors (Lipinski definition) is 7. The van der Waals surface area contributed by atoms with Crippen LogP contribution in [-0.2, 0) is 6.18 Å². The maximum absolute atomic E-state index is 13.3. The van der Waals surface area contributed by atoms with Gasteiger partial charge in [0.05, 0.1) is 28.6 Å². The molecule has 1 aromatic heterocycles. The summed E-state index contributed by atoms with van der Waals surface area (Å²) >= 11 is 1.71. The molecule has 1 unspecified atom stereocenters. The zero-order valence-electron chi connectivity index (χ0n) is 19.0. The van der Waals surface area contributed by atoms with Gasteiger partial charge < -0.3 is 21.3 Å². The molecule has 34 heavy (non-hydrogen) atoms. The number of amides is 1. The van der Waals surface area contributed by atoms with E-state index in [9.17, 15) is 18.0 Å². The summed E-state index contributed by atoms with van der Waals surface area (Å²) in [6.07, 6.45) is -4.50. The lowest BCUT2D eigenvalue weighted by molar-refractivity contribution is -0.137. The van der Waals surface area contributed by atoms with Gasteiger partial charge in [-0.05, 0) is 49.7 Å². The highest BCUT2D eigenvalue weighted by Crippen LogP contribution is 2.35. The third-order valence-corrected chi connectivity index (χ3v) is 6.61. The third-order valence-electron chi connectivity index (χ3n) is 5.64. The number of alkyl halides is 3. The van der Waals surface area contributed by atoms with Crippen LogP contribution in [0.15, 0.2) is 30.3 Å². The van der Waals surface area contributed by atoms with Crippen molar-refractivity contribution in [2.24, 2.45) is 0 Å². The normalized spacial score (nSPS) is 14.9. The van der Waals surface area contributed by atoms with E-state index < -0.39 is 17.8 Å². The number of hydrogen-bond donors (Lipinski definition) is 3. The molecule has 1 aliphatic heterocycles. The first kappa shape index (κ1) is 23.9. The van der Waals surface area contributed by atoms with Crippen LogP contribution in [0.1, 0.15) is 40.3 Å². The molecule has 2 heterocycles. The van der Waals surface area contributed by atoms with Crippen LogP contribution in [0, 0.1) is 6.92 Å². The monoisotopic (exact) mass is 490 g/mol. The lowest BCUT2D eigenvalue weighted by Crippen LogP contribution is -2.28. The average Bonchev–Trinajstić information content (AvgIpc) is 3.31. The molecule has 3 aromatic rings. The molecule has 0 aliphatic carbocycles. The van der Waals surface area contributed by atoms with Crippen LogP contribution < -0.4 is 16.4 Å². The van der Waals surface area contributed by atoms with Crippen molar-refractivity contribution in [3.8, 4) is 0 Å². The molecule has 11 heteroatoms. The molecule has 0 radical (unpaired) electrons. The van der Waals surface area contributed by atoms with Crippen LogP contribution >= 0.6 is 11.8 Å². The molecule has 1 atom stereocenters. The highest BCUT2D eigenvalue weighted by Gasteiger charge is 2.31. The maximum atomic E-state index is 13.3. The number of nitrogens with zero attached hydrogens (tertiary/aromatic N) is 3. The van der Waals surface area contributed by atoms with Gasteiger partial charge in [0.15, 0.2) is 0 Å². The van der Waals surface area contributed by atoms with E-state index in [2.05, 4.69) is 20.6 Å². The Hall–Kier alpha value is -3.21. The van der Waals surface area contributed by atoms with Gasteiger partial charge in [-0.15, -0.1) is 11.8 Å². The number of benzene rings is 2. The zero-order chi connectivity index (χ0) is 24.6. The van der Waals surface area contributed by atoms with Gasteiger partial charge in [-0.3, -0.25) is 4.79 Å². The van der Waals surface area contributed by atoms with E-state index >= 15 is 0 Å². The largest absolute Gasteiger partial charge is 0.416 e. The van der Waals surface area contributed by atoms with Crippen LogP contribution in [0.3, 0.4) is 0 Å². The second-order valence-electron chi connectivity index (χ2n) is 8.14.